The third-order valence-corrected chi connectivity index (χ3v) is 4.49. The summed E-state index contributed by atoms with van der Waals surface area (Å²) in [6, 6.07) is 5.70. The molecule has 0 saturated carbocycles. The molecular formula is C16H16FN5O. The average Bonchev–Trinajstić information content (AvgIpc) is 3.10. The highest BCUT2D eigenvalue weighted by Gasteiger charge is 2.40. The summed E-state index contributed by atoms with van der Waals surface area (Å²) in [5, 5.41) is 7.71. The lowest BCUT2D eigenvalue weighted by Crippen LogP contribution is -2.50. The molecule has 1 N–H and O–H groups in total. The van der Waals surface area contributed by atoms with E-state index in [0.717, 1.165) is 18.7 Å². The molecule has 0 radical (unpaired) electrons. The second-order valence-corrected chi connectivity index (χ2v) is 6.03. The molecule has 2 aliphatic heterocycles. The van der Waals surface area contributed by atoms with Crippen molar-refractivity contribution < 1.29 is 4.39 Å². The first kappa shape index (κ1) is 13.9. The quantitative estimate of drug-likeness (QED) is 0.915. The van der Waals surface area contributed by atoms with Crippen molar-refractivity contribution in [2.24, 2.45) is 4.99 Å². The summed E-state index contributed by atoms with van der Waals surface area (Å²) in [5.41, 5.74) is -0.0759. The van der Waals surface area contributed by atoms with Crippen molar-refractivity contribution in [1.82, 2.24) is 19.7 Å². The van der Waals surface area contributed by atoms with Crippen molar-refractivity contribution in [2.45, 2.75) is 31.3 Å². The van der Waals surface area contributed by atoms with E-state index in [1.807, 2.05) is 13.1 Å². The van der Waals surface area contributed by atoms with Crippen molar-refractivity contribution >= 4 is 6.21 Å². The monoisotopic (exact) mass is 313 g/mol. The molecule has 4 rings (SSSR count). The van der Waals surface area contributed by atoms with Gasteiger partial charge < -0.3 is 5.32 Å². The predicted octanol–water partition coefficient (Wildman–Crippen LogP) is 1.56. The van der Waals surface area contributed by atoms with Crippen LogP contribution in [0.1, 0.15) is 25.2 Å². The molecule has 23 heavy (non-hydrogen) atoms. The van der Waals surface area contributed by atoms with Crippen molar-refractivity contribution in [2.75, 3.05) is 0 Å². The Bertz CT molecular complexity index is 864. The van der Waals surface area contributed by atoms with E-state index in [0.29, 0.717) is 5.69 Å². The number of hydrogen-bond acceptors (Lipinski definition) is 4. The van der Waals surface area contributed by atoms with Gasteiger partial charge in [-0.15, -0.1) is 5.10 Å². The zero-order valence-electron chi connectivity index (χ0n) is 12.6. The summed E-state index contributed by atoms with van der Waals surface area (Å²) in [7, 11) is 0. The molecule has 118 valence electrons. The second-order valence-electron chi connectivity index (χ2n) is 6.03. The Morgan fingerprint density at radius 3 is 2.83 bits per heavy atom. The zero-order chi connectivity index (χ0) is 16.0. The summed E-state index contributed by atoms with van der Waals surface area (Å²) in [4.78, 5) is 17.0. The van der Waals surface area contributed by atoms with Gasteiger partial charge in [0.15, 0.2) is 0 Å². The Labute approximate surface area is 132 Å². The highest BCUT2D eigenvalue weighted by molar-refractivity contribution is 5.72. The molecule has 0 aliphatic carbocycles. The Morgan fingerprint density at radius 1 is 1.35 bits per heavy atom. The van der Waals surface area contributed by atoms with Crippen LogP contribution >= 0.6 is 0 Å². The van der Waals surface area contributed by atoms with Crippen LogP contribution in [-0.2, 0) is 6.42 Å². The van der Waals surface area contributed by atoms with Crippen molar-refractivity contribution in [3.63, 3.8) is 0 Å². The topological polar surface area (TPSA) is 64.2 Å². The number of fused-ring (bicyclic) bond motifs is 1. The van der Waals surface area contributed by atoms with Gasteiger partial charge in [-0.1, -0.05) is 0 Å². The van der Waals surface area contributed by atoms with Crippen LogP contribution in [0, 0.1) is 5.82 Å². The number of aryl methyl sites for hydroxylation is 1. The van der Waals surface area contributed by atoms with Crippen molar-refractivity contribution in [3.8, 4) is 5.69 Å². The molecule has 0 amide bonds. The highest BCUT2D eigenvalue weighted by Crippen LogP contribution is 2.32. The number of rotatable bonds is 2. The third kappa shape index (κ3) is 2.11. The summed E-state index contributed by atoms with van der Waals surface area (Å²) in [5.74, 6) is 0.406. The minimum absolute atomic E-state index is 0.0621. The first-order valence-corrected chi connectivity index (χ1v) is 7.52. The SMILES string of the molecule is CC1([C@@H]2CCc3nn(-c4ccc(F)cc4)c(=O)n32)C=NC=CN1. The number of hydrogen-bond donors (Lipinski definition) is 1. The van der Waals surface area contributed by atoms with Crippen LogP contribution in [0.5, 0.6) is 0 Å². The molecule has 1 unspecified atom stereocenters. The van der Waals surface area contributed by atoms with Crippen LogP contribution < -0.4 is 11.0 Å². The number of benzene rings is 1. The van der Waals surface area contributed by atoms with Gasteiger partial charge in [0.25, 0.3) is 0 Å². The summed E-state index contributed by atoms with van der Waals surface area (Å²) < 4.78 is 16.1. The lowest BCUT2D eigenvalue weighted by Gasteiger charge is -2.34. The van der Waals surface area contributed by atoms with Crippen LogP contribution in [0.25, 0.3) is 5.69 Å². The number of aromatic nitrogens is 3. The summed E-state index contributed by atoms with van der Waals surface area (Å²) in [6.07, 6.45) is 6.85. The Kier molecular flexibility index (Phi) is 2.97. The number of halogens is 1. The molecule has 2 atom stereocenters. The van der Waals surface area contributed by atoms with Crippen LogP contribution in [0.15, 0.2) is 46.5 Å². The average molecular weight is 313 g/mol. The van der Waals surface area contributed by atoms with Gasteiger partial charge in [0.05, 0.1) is 17.3 Å². The van der Waals surface area contributed by atoms with Gasteiger partial charge in [-0.2, -0.15) is 4.68 Å². The molecule has 1 aromatic carbocycles. The van der Waals surface area contributed by atoms with E-state index in [2.05, 4.69) is 15.4 Å². The maximum Gasteiger partial charge on any atom is 0.351 e. The fraction of sp³-hybridized carbons (Fsp3) is 0.312. The molecule has 6 nitrogen and oxygen atoms in total. The van der Waals surface area contributed by atoms with E-state index >= 15 is 0 Å². The van der Waals surface area contributed by atoms with E-state index in [9.17, 15) is 9.18 Å². The molecule has 7 heteroatoms. The summed E-state index contributed by atoms with van der Waals surface area (Å²) >= 11 is 0. The van der Waals surface area contributed by atoms with Crippen molar-refractivity contribution in [1.29, 1.82) is 0 Å². The number of nitrogens with zero attached hydrogens (tertiary/aromatic N) is 4. The van der Waals surface area contributed by atoms with Crippen LogP contribution in [0.3, 0.4) is 0 Å². The first-order chi connectivity index (χ1) is 11.1. The maximum atomic E-state index is 13.1. The van der Waals surface area contributed by atoms with Gasteiger partial charge >= 0.3 is 5.69 Å². The Balaban J connectivity index is 1.78. The molecule has 0 bridgehead atoms. The van der Waals surface area contributed by atoms with Gasteiger partial charge in [0.2, 0.25) is 0 Å². The second kappa shape index (κ2) is 4.91. The van der Waals surface area contributed by atoms with E-state index < -0.39 is 5.54 Å². The number of nitrogens with one attached hydrogen (secondary N) is 1. The van der Waals surface area contributed by atoms with Gasteiger partial charge in [-0.25, -0.2) is 9.18 Å². The standard InChI is InChI=1S/C16H16FN5O/c1-16(10-18-8-9-19-16)13-6-7-14-20-22(15(23)21(13)14)12-4-2-11(17)3-5-12/h2-5,8-10,13,19H,6-7H2,1H3/t13-,16?/m0/s1. The smallest absolute Gasteiger partial charge is 0.351 e. The largest absolute Gasteiger partial charge is 0.378 e. The van der Waals surface area contributed by atoms with Gasteiger partial charge in [-0.3, -0.25) is 9.56 Å². The van der Waals surface area contributed by atoms with Gasteiger partial charge in [-0.05, 0) is 37.6 Å². The minimum atomic E-state index is -0.430. The molecule has 0 fully saturated rings. The fourth-order valence-electron chi connectivity index (χ4n) is 3.29. The van der Waals surface area contributed by atoms with Crippen LogP contribution in [0.4, 0.5) is 4.39 Å². The Morgan fingerprint density at radius 2 is 2.13 bits per heavy atom. The molecule has 1 aromatic heterocycles. The van der Waals surface area contributed by atoms with E-state index in [1.54, 1.807) is 29.1 Å². The molecule has 2 aromatic rings. The van der Waals surface area contributed by atoms with Gasteiger partial charge in [0.1, 0.15) is 11.6 Å². The third-order valence-electron chi connectivity index (χ3n) is 4.49. The van der Waals surface area contributed by atoms with Crippen molar-refractivity contribution in [3.05, 3.63) is 58.8 Å². The van der Waals surface area contributed by atoms with Crippen LogP contribution in [0.2, 0.25) is 0 Å². The zero-order valence-corrected chi connectivity index (χ0v) is 12.6. The van der Waals surface area contributed by atoms with Gasteiger partial charge in [0, 0.05) is 25.0 Å². The van der Waals surface area contributed by atoms with E-state index in [-0.39, 0.29) is 17.5 Å². The fourth-order valence-corrected chi connectivity index (χ4v) is 3.29. The highest BCUT2D eigenvalue weighted by atomic mass is 19.1. The predicted molar refractivity (Wildman–Crippen MR) is 84.3 cm³/mol. The molecule has 3 heterocycles. The van der Waals surface area contributed by atoms with E-state index in [4.69, 9.17) is 0 Å². The van der Waals surface area contributed by atoms with E-state index in [1.165, 1.54) is 16.8 Å². The molecule has 2 aliphatic rings. The minimum Gasteiger partial charge on any atom is -0.378 e. The normalized spacial score (nSPS) is 25.4. The molecular weight excluding hydrogens is 297 g/mol. The maximum absolute atomic E-state index is 13.1. The Hall–Kier alpha value is -2.70. The summed E-state index contributed by atoms with van der Waals surface area (Å²) in [6.45, 7) is 2.02. The van der Waals surface area contributed by atoms with Crippen LogP contribution in [-0.4, -0.2) is 26.1 Å². The molecule has 0 spiro atoms. The lowest BCUT2D eigenvalue weighted by molar-refractivity contribution is 0.342. The number of aliphatic imine (C=N–C) groups is 1. The molecule has 0 saturated heterocycles. The first-order valence-electron chi connectivity index (χ1n) is 7.52. The lowest BCUT2D eigenvalue weighted by atomic mass is 9.91.